The van der Waals surface area contributed by atoms with E-state index in [1.807, 2.05) is 0 Å². The molecule has 0 spiro atoms. The standard InChI is InChI=1S/C8H9N3O3/c9-5-4(3-12)11-2-1-10-8(11)7(14)6(5)13/h1-2,10,12,14H,3,9H2. The maximum absolute atomic E-state index is 11.3. The van der Waals surface area contributed by atoms with Crippen LogP contribution in [0.4, 0.5) is 5.69 Å². The smallest absolute Gasteiger partial charge is 0.248 e. The number of aromatic hydroxyl groups is 1. The summed E-state index contributed by atoms with van der Waals surface area (Å²) in [7, 11) is 0. The molecule has 0 aromatic carbocycles. The van der Waals surface area contributed by atoms with E-state index in [9.17, 15) is 9.90 Å². The third kappa shape index (κ3) is 0.912. The molecule has 0 bridgehead atoms. The summed E-state index contributed by atoms with van der Waals surface area (Å²) in [5.74, 6) is -0.440. The molecule has 74 valence electrons. The molecular formula is C8H9N3O3. The minimum absolute atomic E-state index is 0.137. The predicted octanol–water partition coefficient (Wildman–Crippen LogP) is -0.592. The van der Waals surface area contributed by atoms with Crippen LogP contribution in [0.1, 0.15) is 5.69 Å². The molecule has 0 saturated carbocycles. The summed E-state index contributed by atoms with van der Waals surface area (Å²) < 4.78 is 1.44. The van der Waals surface area contributed by atoms with Crippen LogP contribution in [-0.2, 0) is 6.61 Å². The number of nitrogens with two attached hydrogens (primary N) is 1. The van der Waals surface area contributed by atoms with Crippen molar-refractivity contribution in [3.63, 3.8) is 0 Å². The second-order valence-corrected chi connectivity index (χ2v) is 2.87. The van der Waals surface area contributed by atoms with Gasteiger partial charge in [0.2, 0.25) is 11.2 Å². The van der Waals surface area contributed by atoms with Crippen molar-refractivity contribution < 1.29 is 10.2 Å². The van der Waals surface area contributed by atoms with Gasteiger partial charge in [-0.15, -0.1) is 0 Å². The molecular weight excluding hydrogens is 186 g/mol. The summed E-state index contributed by atoms with van der Waals surface area (Å²) in [4.78, 5) is 14.0. The Bertz CT molecular complexity index is 540. The molecule has 0 aliphatic rings. The molecule has 2 aromatic rings. The molecule has 0 atom stereocenters. The van der Waals surface area contributed by atoms with Crippen molar-refractivity contribution in [3.8, 4) is 5.75 Å². The number of hydrogen-bond donors (Lipinski definition) is 4. The zero-order chi connectivity index (χ0) is 10.3. The van der Waals surface area contributed by atoms with Gasteiger partial charge in [-0.1, -0.05) is 0 Å². The van der Waals surface area contributed by atoms with Gasteiger partial charge in [-0.2, -0.15) is 0 Å². The van der Waals surface area contributed by atoms with Crippen molar-refractivity contribution >= 4 is 11.3 Å². The molecule has 0 aliphatic heterocycles. The molecule has 2 aromatic heterocycles. The van der Waals surface area contributed by atoms with Gasteiger partial charge in [0.25, 0.3) is 0 Å². The zero-order valence-corrected chi connectivity index (χ0v) is 7.19. The summed E-state index contributed by atoms with van der Waals surface area (Å²) in [5.41, 5.74) is 5.14. The van der Waals surface area contributed by atoms with Gasteiger partial charge in [0, 0.05) is 12.4 Å². The lowest BCUT2D eigenvalue weighted by molar-refractivity contribution is 0.276. The summed E-state index contributed by atoms with van der Waals surface area (Å²) >= 11 is 0. The number of anilines is 1. The Balaban J connectivity index is 3.03. The summed E-state index contributed by atoms with van der Waals surface area (Å²) in [5, 5.41) is 18.4. The SMILES string of the molecule is Nc1c(CO)n2cc[nH]c2c(O)c1=O. The zero-order valence-electron chi connectivity index (χ0n) is 7.19. The second-order valence-electron chi connectivity index (χ2n) is 2.87. The number of aromatic nitrogens is 2. The number of nitrogen functional groups attached to an aromatic ring is 1. The average Bonchev–Trinajstić information content (AvgIpc) is 2.64. The summed E-state index contributed by atoms with van der Waals surface area (Å²) in [6, 6.07) is 0. The first-order valence-electron chi connectivity index (χ1n) is 3.96. The molecule has 6 heteroatoms. The van der Waals surface area contributed by atoms with Crippen LogP contribution in [0.3, 0.4) is 0 Å². The first-order valence-corrected chi connectivity index (χ1v) is 3.96. The molecule has 6 nitrogen and oxygen atoms in total. The highest BCUT2D eigenvalue weighted by molar-refractivity contribution is 5.62. The van der Waals surface area contributed by atoms with Crippen LogP contribution < -0.4 is 11.2 Å². The molecule has 14 heavy (non-hydrogen) atoms. The lowest BCUT2D eigenvalue weighted by Crippen LogP contribution is -2.15. The van der Waals surface area contributed by atoms with Crippen LogP contribution in [0.5, 0.6) is 5.75 Å². The van der Waals surface area contributed by atoms with E-state index in [-0.39, 0.29) is 23.6 Å². The number of aliphatic hydroxyl groups excluding tert-OH is 1. The first kappa shape index (κ1) is 8.64. The van der Waals surface area contributed by atoms with Crippen LogP contribution in [0.15, 0.2) is 17.2 Å². The molecule has 5 N–H and O–H groups in total. The third-order valence-corrected chi connectivity index (χ3v) is 2.12. The maximum Gasteiger partial charge on any atom is 0.248 e. The van der Waals surface area contributed by atoms with Crippen molar-refractivity contribution in [1.29, 1.82) is 0 Å². The van der Waals surface area contributed by atoms with E-state index in [0.29, 0.717) is 0 Å². The van der Waals surface area contributed by atoms with Gasteiger partial charge in [0.05, 0.1) is 12.3 Å². The van der Waals surface area contributed by atoms with Gasteiger partial charge in [-0.3, -0.25) is 9.20 Å². The molecule has 0 aliphatic carbocycles. The Kier molecular flexibility index (Phi) is 1.71. The minimum Gasteiger partial charge on any atom is -0.502 e. The molecule has 0 fully saturated rings. The number of aromatic amines is 1. The van der Waals surface area contributed by atoms with E-state index < -0.39 is 11.2 Å². The third-order valence-electron chi connectivity index (χ3n) is 2.12. The number of imidazole rings is 1. The van der Waals surface area contributed by atoms with Crippen molar-refractivity contribution in [2.75, 3.05) is 5.73 Å². The molecule has 0 radical (unpaired) electrons. The van der Waals surface area contributed by atoms with Crippen LogP contribution in [0, 0.1) is 0 Å². The quantitative estimate of drug-likeness (QED) is 0.488. The van der Waals surface area contributed by atoms with Crippen LogP contribution in [-0.4, -0.2) is 19.6 Å². The number of hydrogen-bond acceptors (Lipinski definition) is 4. The van der Waals surface area contributed by atoms with Gasteiger partial charge < -0.3 is 20.9 Å². The van der Waals surface area contributed by atoms with Gasteiger partial charge in [-0.05, 0) is 0 Å². The molecule has 0 amide bonds. The van der Waals surface area contributed by atoms with Gasteiger partial charge >= 0.3 is 0 Å². The average molecular weight is 195 g/mol. The fourth-order valence-corrected chi connectivity index (χ4v) is 1.40. The van der Waals surface area contributed by atoms with E-state index in [4.69, 9.17) is 10.8 Å². The number of H-pyrrole nitrogens is 1. The monoisotopic (exact) mass is 195 g/mol. The van der Waals surface area contributed by atoms with Crippen molar-refractivity contribution in [1.82, 2.24) is 9.38 Å². The number of rotatable bonds is 1. The number of aliphatic hydroxyl groups is 1. The molecule has 2 heterocycles. The van der Waals surface area contributed by atoms with Gasteiger partial charge in [-0.25, -0.2) is 0 Å². The Labute approximate surface area is 78.2 Å². The van der Waals surface area contributed by atoms with Crippen molar-refractivity contribution in [3.05, 3.63) is 28.3 Å². The molecule has 2 rings (SSSR count). The first-order chi connectivity index (χ1) is 6.66. The highest BCUT2D eigenvalue weighted by atomic mass is 16.3. The van der Waals surface area contributed by atoms with Gasteiger partial charge in [0.1, 0.15) is 5.69 Å². The van der Waals surface area contributed by atoms with E-state index in [1.54, 1.807) is 6.20 Å². The largest absolute Gasteiger partial charge is 0.502 e. The molecule has 0 unspecified atom stereocenters. The number of pyridine rings is 1. The highest BCUT2D eigenvalue weighted by Crippen LogP contribution is 2.17. The lowest BCUT2D eigenvalue weighted by Gasteiger charge is -2.06. The van der Waals surface area contributed by atoms with E-state index in [2.05, 4.69) is 4.98 Å². The maximum atomic E-state index is 11.3. The van der Waals surface area contributed by atoms with Crippen molar-refractivity contribution in [2.24, 2.45) is 0 Å². The molecule has 0 saturated heterocycles. The number of nitrogens with zero attached hydrogens (tertiary/aromatic N) is 1. The van der Waals surface area contributed by atoms with Gasteiger partial charge in [0.15, 0.2) is 5.65 Å². The van der Waals surface area contributed by atoms with E-state index in [0.717, 1.165) is 0 Å². The predicted molar refractivity (Wildman–Crippen MR) is 50.0 cm³/mol. The van der Waals surface area contributed by atoms with Crippen LogP contribution in [0.25, 0.3) is 5.65 Å². The Morgan fingerprint density at radius 1 is 1.57 bits per heavy atom. The normalized spacial score (nSPS) is 10.9. The van der Waals surface area contributed by atoms with E-state index in [1.165, 1.54) is 10.6 Å². The van der Waals surface area contributed by atoms with Crippen LogP contribution >= 0.6 is 0 Å². The highest BCUT2D eigenvalue weighted by Gasteiger charge is 2.14. The topological polar surface area (TPSA) is 104 Å². The Morgan fingerprint density at radius 3 is 2.93 bits per heavy atom. The number of fused-ring (bicyclic) bond motifs is 1. The summed E-state index contributed by atoms with van der Waals surface area (Å²) in [6.07, 6.45) is 3.10. The minimum atomic E-state index is -0.670. The second kappa shape index (κ2) is 2.78. The summed E-state index contributed by atoms with van der Waals surface area (Å²) in [6.45, 7) is -0.361. The number of nitrogens with one attached hydrogen (secondary N) is 1. The van der Waals surface area contributed by atoms with E-state index >= 15 is 0 Å². The lowest BCUT2D eigenvalue weighted by atomic mass is 10.2. The Morgan fingerprint density at radius 2 is 2.29 bits per heavy atom. The van der Waals surface area contributed by atoms with Crippen LogP contribution in [0.2, 0.25) is 0 Å². The Hall–Kier alpha value is -1.95. The fraction of sp³-hybridized carbons (Fsp3) is 0.125. The fourth-order valence-electron chi connectivity index (χ4n) is 1.40. The van der Waals surface area contributed by atoms with Crippen molar-refractivity contribution in [2.45, 2.75) is 6.61 Å².